The van der Waals surface area contributed by atoms with Crippen LogP contribution in [-0.2, 0) is 0 Å². The SMILES string of the molecule is CCCNC(C#N)(CN(C)CC1CCCN1C)C1CC1. The molecular formula is C16H30N4. The van der Waals surface area contributed by atoms with Gasteiger partial charge in [0.1, 0.15) is 5.54 Å². The van der Waals surface area contributed by atoms with Crippen LogP contribution in [0.4, 0.5) is 0 Å². The molecule has 1 saturated heterocycles. The fraction of sp³-hybridized carbons (Fsp3) is 0.938. The summed E-state index contributed by atoms with van der Waals surface area (Å²) in [6.45, 7) is 6.28. The smallest absolute Gasteiger partial charge is 0.122 e. The highest BCUT2D eigenvalue weighted by Crippen LogP contribution is 2.40. The lowest BCUT2D eigenvalue weighted by molar-refractivity contribution is 0.179. The summed E-state index contributed by atoms with van der Waals surface area (Å²) in [5, 5.41) is 13.3. The second-order valence-electron chi connectivity index (χ2n) is 6.76. The second kappa shape index (κ2) is 6.89. The highest BCUT2D eigenvalue weighted by atomic mass is 15.2. The molecule has 0 aromatic heterocycles. The Morgan fingerprint density at radius 2 is 2.15 bits per heavy atom. The van der Waals surface area contributed by atoms with Gasteiger partial charge in [-0.1, -0.05) is 6.92 Å². The van der Waals surface area contributed by atoms with Crippen molar-refractivity contribution < 1.29 is 0 Å². The molecule has 1 saturated carbocycles. The molecular weight excluding hydrogens is 248 g/mol. The van der Waals surface area contributed by atoms with E-state index in [2.05, 4.69) is 42.2 Å². The zero-order chi connectivity index (χ0) is 14.6. The van der Waals surface area contributed by atoms with Gasteiger partial charge in [-0.2, -0.15) is 5.26 Å². The van der Waals surface area contributed by atoms with Gasteiger partial charge in [0.25, 0.3) is 0 Å². The van der Waals surface area contributed by atoms with Crippen LogP contribution in [0, 0.1) is 17.2 Å². The first-order valence-corrected chi connectivity index (χ1v) is 8.16. The summed E-state index contributed by atoms with van der Waals surface area (Å²) in [6.07, 6.45) is 6.12. The van der Waals surface area contributed by atoms with E-state index in [-0.39, 0.29) is 5.54 Å². The van der Waals surface area contributed by atoms with Crippen molar-refractivity contribution in [3.63, 3.8) is 0 Å². The quantitative estimate of drug-likeness (QED) is 0.733. The Hall–Kier alpha value is -0.630. The van der Waals surface area contributed by atoms with Crippen molar-refractivity contribution in [2.24, 2.45) is 5.92 Å². The number of nitrogens with zero attached hydrogens (tertiary/aromatic N) is 3. The van der Waals surface area contributed by atoms with Crippen LogP contribution in [0.1, 0.15) is 39.0 Å². The molecule has 2 rings (SSSR count). The second-order valence-corrected chi connectivity index (χ2v) is 6.76. The summed E-state index contributed by atoms with van der Waals surface area (Å²) in [6, 6.07) is 3.28. The Kier molecular flexibility index (Phi) is 5.42. The van der Waals surface area contributed by atoms with Crippen molar-refractivity contribution in [3.05, 3.63) is 0 Å². The summed E-state index contributed by atoms with van der Waals surface area (Å²) in [7, 11) is 4.40. The number of hydrogen-bond acceptors (Lipinski definition) is 4. The molecule has 0 spiro atoms. The average Bonchev–Trinajstić information content (AvgIpc) is 3.21. The Bertz CT molecular complexity index is 347. The van der Waals surface area contributed by atoms with Crippen LogP contribution in [0.25, 0.3) is 0 Å². The van der Waals surface area contributed by atoms with Gasteiger partial charge in [0, 0.05) is 19.1 Å². The number of nitrogens with one attached hydrogen (secondary N) is 1. The molecule has 1 N–H and O–H groups in total. The average molecular weight is 278 g/mol. The van der Waals surface area contributed by atoms with Crippen LogP contribution < -0.4 is 5.32 Å². The van der Waals surface area contributed by atoms with Crippen molar-refractivity contribution in [2.45, 2.75) is 50.6 Å². The van der Waals surface area contributed by atoms with Gasteiger partial charge in [-0.3, -0.25) is 5.32 Å². The maximum Gasteiger partial charge on any atom is 0.122 e. The van der Waals surface area contributed by atoms with E-state index in [0.717, 1.165) is 26.1 Å². The summed E-state index contributed by atoms with van der Waals surface area (Å²) < 4.78 is 0. The van der Waals surface area contributed by atoms with E-state index < -0.39 is 0 Å². The maximum absolute atomic E-state index is 9.73. The van der Waals surface area contributed by atoms with Crippen LogP contribution >= 0.6 is 0 Å². The monoisotopic (exact) mass is 278 g/mol. The van der Waals surface area contributed by atoms with E-state index >= 15 is 0 Å². The zero-order valence-corrected chi connectivity index (χ0v) is 13.4. The van der Waals surface area contributed by atoms with Gasteiger partial charge in [-0.25, -0.2) is 0 Å². The lowest BCUT2D eigenvalue weighted by Crippen LogP contribution is -2.55. The molecule has 0 aromatic carbocycles. The topological polar surface area (TPSA) is 42.3 Å². The molecule has 1 aliphatic carbocycles. The standard InChI is InChI=1S/C16H30N4/c1-4-9-18-16(12-17,14-7-8-14)13-19(2)11-15-6-5-10-20(15)3/h14-15,18H,4-11,13H2,1-3H3. The molecule has 2 fully saturated rings. The minimum absolute atomic E-state index is 0.318. The molecule has 2 aliphatic rings. The fourth-order valence-corrected chi connectivity index (χ4v) is 3.48. The van der Waals surface area contributed by atoms with Crippen molar-refractivity contribution in [3.8, 4) is 6.07 Å². The highest BCUT2D eigenvalue weighted by molar-refractivity contribution is 5.16. The lowest BCUT2D eigenvalue weighted by atomic mass is 9.93. The Balaban J connectivity index is 1.91. The summed E-state index contributed by atoms with van der Waals surface area (Å²) in [5.74, 6) is 0.558. The Morgan fingerprint density at radius 1 is 1.40 bits per heavy atom. The van der Waals surface area contributed by atoms with Gasteiger partial charge in [-0.15, -0.1) is 0 Å². The molecule has 0 amide bonds. The van der Waals surface area contributed by atoms with E-state index in [1.165, 1.54) is 32.2 Å². The van der Waals surface area contributed by atoms with Crippen LogP contribution in [-0.4, -0.2) is 61.7 Å². The maximum atomic E-state index is 9.73. The van der Waals surface area contributed by atoms with Crippen LogP contribution in [0.15, 0.2) is 0 Å². The third-order valence-electron chi connectivity index (χ3n) is 4.88. The normalized spacial score (nSPS) is 26.6. The van der Waals surface area contributed by atoms with Gasteiger partial charge in [0.15, 0.2) is 0 Å². The van der Waals surface area contributed by atoms with Gasteiger partial charge in [-0.05, 0) is 65.2 Å². The van der Waals surface area contributed by atoms with E-state index in [1.807, 2.05) is 0 Å². The van der Waals surface area contributed by atoms with E-state index in [4.69, 9.17) is 0 Å². The molecule has 1 heterocycles. The van der Waals surface area contributed by atoms with E-state index in [0.29, 0.717) is 12.0 Å². The number of hydrogen-bond donors (Lipinski definition) is 1. The molecule has 0 bridgehead atoms. The third kappa shape index (κ3) is 3.72. The van der Waals surface area contributed by atoms with Gasteiger partial charge in [0.05, 0.1) is 6.07 Å². The number of likely N-dealkylation sites (tertiary alicyclic amines) is 1. The van der Waals surface area contributed by atoms with Gasteiger partial charge < -0.3 is 9.80 Å². The predicted octanol–water partition coefficient (Wildman–Crippen LogP) is 1.68. The van der Waals surface area contributed by atoms with Crippen molar-refractivity contribution in [1.29, 1.82) is 5.26 Å². The molecule has 4 heteroatoms. The molecule has 0 radical (unpaired) electrons. The molecule has 1 aliphatic heterocycles. The van der Waals surface area contributed by atoms with Crippen molar-refractivity contribution in [1.82, 2.24) is 15.1 Å². The summed E-state index contributed by atoms with van der Waals surface area (Å²) in [5.41, 5.74) is -0.318. The van der Waals surface area contributed by atoms with Crippen molar-refractivity contribution in [2.75, 3.05) is 40.3 Å². The minimum atomic E-state index is -0.318. The molecule has 4 nitrogen and oxygen atoms in total. The molecule has 0 aromatic rings. The van der Waals surface area contributed by atoms with Gasteiger partial charge in [0.2, 0.25) is 0 Å². The fourth-order valence-electron chi connectivity index (χ4n) is 3.48. The minimum Gasteiger partial charge on any atom is -0.302 e. The third-order valence-corrected chi connectivity index (χ3v) is 4.88. The highest BCUT2D eigenvalue weighted by Gasteiger charge is 2.46. The summed E-state index contributed by atoms with van der Waals surface area (Å²) in [4.78, 5) is 4.83. The number of rotatable bonds is 8. The predicted molar refractivity (Wildman–Crippen MR) is 82.5 cm³/mol. The first-order chi connectivity index (χ1) is 9.61. The zero-order valence-electron chi connectivity index (χ0n) is 13.4. The molecule has 2 atom stereocenters. The van der Waals surface area contributed by atoms with Gasteiger partial charge >= 0.3 is 0 Å². The molecule has 2 unspecified atom stereocenters. The number of nitriles is 1. The van der Waals surface area contributed by atoms with Crippen LogP contribution in [0.2, 0.25) is 0 Å². The lowest BCUT2D eigenvalue weighted by Gasteiger charge is -2.34. The van der Waals surface area contributed by atoms with Crippen LogP contribution in [0.3, 0.4) is 0 Å². The summed E-state index contributed by atoms with van der Waals surface area (Å²) >= 11 is 0. The molecule has 20 heavy (non-hydrogen) atoms. The first-order valence-electron chi connectivity index (χ1n) is 8.16. The Morgan fingerprint density at radius 3 is 2.65 bits per heavy atom. The Labute approximate surface area is 124 Å². The van der Waals surface area contributed by atoms with Crippen molar-refractivity contribution >= 4 is 0 Å². The first kappa shape index (κ1) is 15.8. The van der Waals surface area contributed by atoms with E-state index in [9.17, 15) is 5.26 Å². The van der Waals surface area contributed by atoms with Crippen LogP contribution in [0.5, 0.6) is 0 Å². The number of likely N-dealkylation sites (N-methyl/N-ethyl adjacent to an activating group) is 2. The largest absolute Gasteiger partial charge is 0.302 e. The van der Waals surface area contributed by atoms with E-state index in [1.54, 1.807) is 0 Å². The molecule has 114 valence electrons.